The van der Waals surface area contributed by atoms with E-state index in [-0.39, 0.29) is 34.6 Å². The molecule has 0 aliphatic rings. The predicted octanol–water partition coefficient (Wildman–Crippen LogP) is 16.5. The van der Waals surface area contributed by atoms with Gasteiger partial charge in [0.25, 0.3) is 0 Å². The van der Waals surface area contributed by atoms with Gasteiger partial charge in [-0.1, -0.05) is 164 Å². The second-order valence-electron chi connectivity index (χ2n) is 18.6. The van der Waals surface area contributed by atoms with E-state index in [1.54, 1.807) is 13.8 Å². The Kier molecular flexibility index (Phi) is 30.2. The summed E-state index contributed by atoms with van der Waals surface area (Å²) in [6, 6.07) is 30.9. The fraction of sp³-hybridized carbons (Fsp3) is 0.407. The summed E-state index contributed by atoms with van der Waals surface area (Å²) in [5, 5.41) is 9.72. The molecule has 0 aliphatic heterocycles. The van der Waals surface area contributed by atoms with E-state index in [0.717, 1.165) is 58.4 Å². The number of carbonyl (C=O) groups excluding carboxylic acids is 1. The van der Waals surface area contributed by atoms with Crippen molar-refractivity contribution in [1.29, 1.82) is 0 Å². The zero-order chi connectivity index (χ0) is 48.4. The summed E-state index contributed by atoms with van der Waals surface area (Å²) in [6.45, 7) is 36.7. The van der Waals surface area contributed by atoms with Crippen LogP contribution in [0.1, 0.15) is 149 Å². The maximum absolute atomic E-state index is 10.6. The third-order valence-corrected chi connectivity index (χ3v) is 11.4. The van der Waals surface area contributed by atoms with Crippen LogP contribution in [-0.2, 0) is 21.3 Å². The van der Waals surface area contributed by atoms with Crippen molar-refractivity contribution in [2.45, 2.75) is 145 Å². The molecule has 5 aromatic rings. The van der Waals surface area contributed by atoms with E-state index in [1.165, 1.54) is 38.7 Å². The SMILES string of the molecule is Cc1cc(Br)cc(Br)c1.Cc1cc(Br)cc(C(C)(C)C)c1.Cc1cc(Br)cc(C(C)(C)Cl)c1.Cc1cc(Br)cc(C(C)(C)O)c1.Cc1cc(C=O)cc(C(C)(C)C)c1.[CH2-]CCC.[Li+]. The molecule has 2 nitrogen and oxygen atoms in total. The van der Waals surface area contributed by atoms with E-state index < -0.39 is 5.60 Å². The molecule has 1 N–H and O–H groups in total. The second-order valence-corrected chi connectivity index (χ2v) is 24.2. The molecular weight excluding hydrogens is 1120 g/mol. The number of alkyl halides is 1. The molecule has 0 saturated heterocycles. The van der Waals surface area contributed by atoms with Gasteiger partial charge in [-0.05, 0) is 184 Å². The van der Waals surface area contributed by atoms with Gasteiger partial charge in [0.1, 0.15) is 6.29 Å². The van der Waals surface area contributed by atoms with Crippen molar-refractivity contribution in [3.05, 3.63) is 176 Å². The number of hydrogen-bond acceptors (Lipinski definition) is 2. The molecule has 63 heavy (non-hydrogen) atoms. The number of aldehydes is 1. The van der Waals surface area contributed by atoms with Crippen LogP contribution in [0.2, 0.25) is 0 Å². The van der Waals surface area contributed by atoms with Crippen LogP contribution in [-0.4, -0.2) is 11.4 Å². The first kappa shape index (κ1) is 64.1. The molecule has 5 rings (SSSR count). The number of rotatable bonds is 4. The van der Waals surface area contributed by atoms with E-state index in [0.29, 0.717) is 0 Å². The fourth-order valence-electron chi connectivity index (χ4n) is 5.34. The first-order valence-electron chi connectivity index (χ1n) is 20.7. The third-order valence-electron chi connectivity index (χ3n) is 8.85. The molecule has 0 bridgehead atoms. The zero-order valence-electron chi connectivity index (χ0n) is 41.0. The number of halogens is 6. The number of benzene rings is 5. The van der Waals surface area contributed by atoms with E-state index in [4.69, 9.17) is 11.6 Å². The Balaban J connectivity index is 0. The molecule has 9 heteroatoms. The second kappa shape index (κ2) is 29.7. The van der Waals surface area contributed by atoms with Gasteiger partial charge in [0.05, 0.1) is 10.5 Å². The number of unbranched alkanes of at least 4 members (excludes halogenated alkanes) is 1. The average Bonchev–Trinajstić information content (AvgIpc) is 3.09. The van der Waals surface area contributed by atoms with Crippen LogP contribution < -0.4 is 18.9 Å². The Hall–Kier alpha value is -0.983. The van der Waals surface area contributed by atoms with Gasteiger partial charge in [-0.15, -0.1) is 11.6 Å². The van der Waals surface area contributed by atoms with E-state index in [9.17, 15) is 9.90 Å². The van der Waals surface area contributed by atoms with Gasteiger partial charge in [-0.25, -0.2) is 0 Å². The predicted molar refractivity (Wildman–Crippen MR) is 292 cm³/mol. The topological polar surface area (TPSA) is 37.3 Å². The van der Waals surface area contributed by atoms with Crippen molar-refractivity contribution in [3.8, 4) is 0 Å². The van der Waals surface area contributed by atoms with E-state index >= 15 is 0 Å². The smallest absolute Gasteiger partial charge is 0.386 e. The van der Waals surface area contributed by atoms with Gasteiger partial charge in [0.15, 0.2) is 0 Å². The van der Waals surface area contributed by atoms with Gasteiger partial charge in [0, 0.05) is 27.9 Å². The molecule has 0 spiro atoms. The Morgan fingerprint density at radius 2 is 0.762 bits per heavy atom. The third kappa shape index (κ3) is 28.7. The summed E-state index contributed by atoms with van der Waals surface area (Å²) in [4.78, 5) is 10.4. The average molecular weight is 1190 g/mol. The van der Waals surface area contributed by atoms with Crippen molar-refractivity contribution in [2.75, 3.05) is 0 Å². The molecule has 5 aromatic carbocycles. The number of aliphatic hydroxyl groups is 1. The maximum atomic E-state index is 10.6. The maximum Gasteiger partial charge on any atom is 1.00 e. The van der Waals surface area contributed by atoms with Crippen molar-refractivity contribution in [1.82, 2.24) is 0 Å². The van der Waals surface area contributed by atoms with Gasteiger partial charge in [-0.3, -0.25) is 4.79 Å². The molecule has 0 heterocycles. The van der Waals surface area contributed by atoms with Gasteiger partial charge in [-0.2, -0.15) is 6.42 Å². The molecule has 0 unspecified atom stereocenters. The van der Waals surface area contributed by atoms with Gasteiger partial charge >= 0.3 is 18.9 Å². The van der Waals surface area contributed by atoms with Crippen LogP contribution in [0.3, 0.4) is 0 Å². The zero-order valence-corrected chi connectivity index (χ0v) is 49.7. The minimum absolute atomic E-state index is 0. The number of hydrogen-bond donors (Lipinski definition) is 1. The molecule has 0 radical (unpaired) electrons. The first-order valence-corrected chi connectivity index (χ1v) is 25.1. The van der Waals surface area contributed by atoms with Crippen molar-refractivity contribution >= 4 is 97.5 Å². The fourth-order valence-corrected chi connectivity index (χ4v) is 8.80. The molecule has 0 aromatic heterocycles. The van der Waals surface area contributed by atoms with Crippen LogP contribution in [0, 0.1) is 41.5 Å². The molecule has 0 amide bonds. The van der Waals surface area contributed by atoms with Gasteiger partial charge < -0.3 is 12.0 Å². The molecule has 0 fully saturated rings. The van der Waals surface area contributed by atoms with Crippen LogP contribution in [0.4, 0.5) is 0 Å². The summed E-state index contributed by atoms with van der Waals surface area (Å²) >= 11 is 23.3. The van der Waals surface area contributed by atoms with Crippen LogP contribution in [0.25, 0.3) is 0 Å². The van der Waals surface area contributed by atoms with E-state index in [1.807, 2.05) is 64.1 Å². The number of aryl methyl sites for hydroxylation is 5. The molecule has 0 aliphatic carbocycles. The Morgan fingerprint density at radius 3 is 1.05 bits per heavy atom. The monoisotopic (exact) mass is 1190 g/mol. The summed E-state index contributed by atoms with van der Waals surface area (Å²) in [5.41, 5.74) is 11.2. The summed E-state index contributed by atoms with van der Waals surface area (Å²) in [6.07, 6.45) is 3.18. The van der Waals surface area contributed by atoms with Crippen LogP contribution in [0.15, 0.2) is 113 Å². The van der Waals surface area contributed by atoms with Crippen molar-refractivity contribution in [2.24, 2.45) is 0 Å². The molecular formula is C54H71Br5ClLiO2. The summed E-state index contributed by atoms with van der Waals surface area (Å²) < 4.78 is 5.52. The van der Waals surface area contributed by atoms with Crippen LogP contribution in [0.5, 0.6) is 0 Å². The Morgan fingerprint density at radius 1 is 0.492 bits per heavy atom. The molecule has 342 valence electrons. The molecule has 0 saturated carbocycles. The Bertz CT molecular complexity index is 1880. The quantitative estimate of drug-likeness (QED) is 0.0843. The largest absolute Gasteiger partial charge is 1.00 e. The van der Waals surface area contributed by atoms with Crippen molar-refractivity contribution in [3.63, 3.8) is 0 Å². The summed E-state index contributed by atoms with van der Waals surface area (Å²) in [5.74, 6) is 0. The minimum Gasteiger partial charge on any atom is -0.386 e. The minimum atomic E-state index is -0.755. The Labute approximate surface area is 442 Å². The standard InChI is InChI=1S/C12H16O.C11H15Br.C10H12BrCl.C10H13BrO.C7H6Br2.C4H9.Li/c1-9-5-10(8-13)7-11(6-9)12(2,3)4;1-8-5-9(11(2,3)4)7-10(12)6-8;2*1-7-4-8(10(2,3)12)6-9(11)5-7;1-5-2-6(8)4-7(9)3-5;1-3-4-2;/h5-8H,1-4H3;5-7H,1-4H3;4-6H,1-3H3;4-6,12H,1-3H3;2-4H,1H3;1,3-4H2,2H3;/q;;;;;-1;+1. The normalized spacial score (nSPS) is 10.9. The van der Waals surface area contributed by atoms with E-state index in [2.05, 4.69) is 210 Å². The molecule has 0 atom stereocenters. The number of carbonyl (C=O) groups is 1. The summed E-state index contributed by atoms with van der Waals surface area (Å²) in [7, 11) is 0. The van der Waals surface area contributed by atoms with Crippen LogP contribution >= 0.6 is 91.3 Å². The van der Waals surface area contributed by atoms with Gasteiger partial charge in [0.2, 0.25) is 0 Å². The van der Waals surface area contributed by atoms with Crippen molar-refractivity contribution < 1.29 is 28.8 Å². The first-order chi connectivity index (χ1) is 28.2.